The molecule has 2 aromatic rings. The van der Waals surface area contributed by atoms with Crippen LogP contribution in [0.25, 0.3) is 0 Å². The Labute approximate surface area is 109 Å². The van der Waals surface area contributed by atoms with E-state index in [1.807, 2.05) is 6.07 Å². The van der Waals surface area contributed by atoms with Crippen molar-refractivity contribution in [1.29, 1.82) is 0 Å². The number of aromatic nitrogens is 2. The lowest BCUT2D eigenvalue weighted by molar-refractivity contribution is 0.794. The van der Waals surface area contributed by atoms with E-state index in [9.17, 15) is 0 Å². The maximum absolute atomic E-state index is 5.59. The van der Waals surface area contributed by atoms with Crippen molar-refractivity contribution >= 4 is 28.9 Å². The number of nitrogen functional groups attached to an aromatic ring is 2. The molecule has 2 aromatic heterocycles. The lowest BCUT2D eigenvalue weighted by Crippen LogP contribution is -2.19. The molecule has 0 spiro atoms. The Bertz CT molecular complexity index is 498. The number of hydrogen-bond donors (Lipinski definition) is 4. The molecule has 0 aromatic carbocycles. The molecule has 1 atom stereocenters. The minimum Gasteiger partial charge on any atom is -0.368 e. The predicted molar refractivity (Wildman–Crippen MR) is 75.4 cm³/mol. The van der Waals surface area contributed by atoms with E-state index in [2.05, 4.69) is 39.1 Å². The topological polar surface area (TPSA) is 102 Å². The van der Waals surface area contributed by atoms with E-state index in [1.54, 1.807) is 17.4 Å². The van der Waals surface area contributed by atoms with Gasteiger partial charge >= 0.3 is 0 Å². The third-order valence-electron chi connectivity index (χ3n) is 2.37. The van der Waals surface area contributed by atoms with E-state index < -0.39 is 0 Å². The van der Waals surface area contributed by atoms with Crippen molar-refractivity contribution in [1.82, 2.24) is 9.97 Å². The van der Waals surface area contributed by atoms with E-state index in [1.165, 1.54) is 4.88 Å². The van der Waals surface area contributed by atoms with Crippen molar-refractivity contribution in [3.63, 3.8) is 0 Å². The van der Waals surface area contributed by atoms with Crippen LogP contribution in [0.4, 0.5) is 17.6 Å². The minimum atomic E-state index is 0.191. The molecule has 6 nitrogen and oxygen atoms in total. The molecule has 96 valence electrons. The van der Waals surface area contributed by atoms with Crippen LogP contribution >= 0.6 is 11.3 Å². The standard InChI is InChI=1S/C11H16N6S/c1-7(5-8-3-2-4-18-8)14-9-6-10(17-13)16-11(12)15-9/h2-4,6-7H,5,13H2,1H3,(H4,12,14,15,16,17). The van der Waals surface area contributed by atoms with Crippen molar-refractivity contribution in [3.8, 4) is 0 Å². The van der Waals surface area contributed by atoms with E-state index >= 15 is 0 Å². The van der Waals surface area contributed by atoms with Gasteiger partial charge in [0.15, 0.2) is 0 Å². The Hall–Kier alpha value is -1.86. The van der Waals surface area contributed by atoms with Crippen LogP contribution in [0.15, 0.2) is 23.6 Å². The largest absolute Gasteiger partial charge is 0.368 e. The van der Waals surface area contributed by atoms with E-state index in [-0.39, 0.29) is 12.0 Å². The Morgan fingerprint density at radius 2 is 2.17 bits per heavy atom. The zero-order chi connectivity index (χ0) is 13.0. The number of rotatable bonds is 5. The molecule has 0 amide bonds. The van der Waals surface area contributed by atoms with Gasteiger partial charge in [0.2, 0.25) is 5.95 Å². The van der Waals surface area contributed by atoms with Gasteiger partial charge in [-0.05, 0) is 18.4 Å². The van der Waals surface area contributed by atoms with Crippen LogP contribution in [0.1, 0.15) is 11.8 Å². The Balaban J connectivity index is 2.02. The third kappa shape index (κ3) is 3.31. The summed E-state index contributed by atoms with van der Waals surface area (Å²) in [5.41, 5.74) is 8.05. The zero-order valence-electron chi connectivity index (χ0n) is 10.1. The summed E-state index contributed by atoms with van der Waals surface area (Å²) in [4.78, 5) is 9.37. The average molecular weight is 264 g/mol. The van der Waals surface area contributed by atoms with Gasteiger partial charge in [0.25, 0.3) is 0 Å². The summed E-state index contributed by atoms with van der Waals surface area (Å²) in [5, 5.41) is 5.35. The highest BCUT2D eigenvalue weighted by atomic mass is 32.1. The SMILES string of the molecule is CC(Cc1cccs1)Nc1cc(NN)nc(N)n1. The Kier molecular flexibility index (Phi) is 3.96. The fourth-order valence-corrected chi connectivity index (χ4v) is 2.48. The molecular weight excluding hydrogens is 248 g/mol. The molecular formula is C11H16N6S. The normalized spacial score (nSPS) is 12.1. The van der Waals surface area contributed by atoms with Crippen LogP contribution in [0.5, 0.6) is 0 Å². The van der Waals surface area contributed by atoms with Gasteiger partial charge in [-0.1, -0.05) is 6.07 Å². The fraction of sp³-hybridized carbons (Fsp3) is 0.273. The molecule has 1 unspecified atom stereocenters. The van der Waals surface area contributed by atoms with Crippen molar-refractivity contribution < 1.29 is 0 Å². The number of anilines is 3. The first kappa shape index (κ1) is 12.6. The number of nitrogens with zero attached hydrogens (tertiary/aromatic N) is 2. The van der Waals surface area contributed by atoms with Gasteiger partial charge in [-0.3, -0.25) is 0 Å². The number of thiophene rings is 1. The summed E-state index contributed by atoms with van der Waals surface area (Å²) in [6.07, 6.45) is 0.937. The van der Waals surface area contributed by atoms with Crippen LogP contribution in [0.3, 0.4) is 0 Å². The van der Waals surface area contributed by atoms with Crippen LogP contribution in [-0.2, 0) is 6.42 Å². The maximum Gasteiger partial charge on any atom is 0.223 e. The lowest BCUT2D eigenvalue weighted by atomic mass is 10.2. The molecule has 0 bridgehead atoms. The predicted octanol–water partition coefficient (Wildman–Crippen LogP) is 1.45. The number of hydrazine groups is 1. The molecule has 0 aliphatic heterocycles. The van der Waals surface area contributed by atoms with E-state index in [0.29, 0.717) is 11.6 Å². The second-order valence-electron chi connectivity index (χ2n) is 3.97. The van der Waals surface area contributed by atoms with Crippen molar-refractivity contribution in [3.05, 3.63) is 28.5 Å². The van der Waals surface area contributed by atoms with Crippen molar-refractivity contribution in [2.24, 2.45) is 5.84 Å². The number of nitrogens with one attached hydrogen (secondary N) is 2. The molecule has 0 fully saturated rings. The smallest absolute Gasteiger partial charge is 0.223 e. The molecule has 2 rings (SSSR count). The minimum absolute atomic E-state index is 0.191. The van der Waals surface area contributed by atoms with Gasteiger partial charge in [-0.2, -0.15) is 9.97 Å². The average Bonchev–Trinajstić information content (AvgIpc) is 2.80. The molecule has 18 heavy (non-hydrogen) atoms. The van der Waals surface area contributed by atoms with Crippen molar-refractivity contribution in [2.45, 2.75) is 19.4 Å². The molecule has 7 heteroatoms. The summed E-state index contributed by atoms with van der Waals surface area (Å²) in [6, 6.07) is 6.14. The van der Waals surface area contributed by atoms with Gasteiger partial charge in [-0.25, -0.2) is 5.84 Å². The summed E-state index contributed by atoms with van der Waals surface area (Å²) in [5.74, 6) is 6.66. The highest BCUT2D eigenvalue weighted by Crippen LogP contribution is 2.16. The quantitative estimate of drug-likeness (QED) is 0.481. The first-order valence-corrected chi connectivity index (χ1v) is 6.45. The Morgan fingerprint density at radius 1 is 1.39 bits per heavy atom. The van der Waals surface area contributed by atoms with E-state index in [0.717, 1.165) is 6.42 Å². The zero-order valence-corrected chi connectivity index (χ0v) is 10.9. The number of hydrogen-bond acceptors (Lipinski definition) is 7. The van der Waals surface area contributed by atoms with Crippen molar-refractivity contribution in [2.75, 3.05) is 16.5 Å². The first-order valence-electron chi connectivity index (χ1n) is 5.57. The highest BCUT2D eigenvalue weighted by Gasteiger charge is 2.07. The molecule has 0 saturated carbocycles. The number of nitrogens with two attached hydrogens (primary N) is 2. The third-order valence-corrected chi connectivity index (χ3v) is 3.27. The van der Waals surface area contributed by atoms with Gasteiger partial charge in [0.05, 0.1) is 0 Å². The molecule has 0 aliphatic rings. The van der Waals surface area contributed by atoms with Crippen LogP contribution in [-0.4, -0.2) is 16.0 Å². The first-order chi connectivity index (χ1) is 8.67. The van der Waals surface area contributed by atoms with Gasteiger partial charge in [0, 0.05) is 23.4 Å². The summed E-state index contributed by atoms with van der Waals surface area (Å²) >= 11 is 1.74. The van der Waals surface area contributed by atoms with E-state index in [4.69, 9.17) is 11.6 Å². The fourth-order valence-electron chi connectivity index (χ4n) is 1.65. The molecule has 2 heterocycles. The monoisotopic (exact) mass is 264 g/mol. The molecule has 0 aliphatic carbocycles. The second kappa shape index (κ2) is 5.65. The van der Waals surface area contributed by atoms with Gasteiger partial charge in [0.1, 0.15) is 11.6 Å². The molecule has 0 radical (unpaired) electrons. The summed E-state index contributed by atoms with van der Waals surface area (Å²) < 4.78 is 0. The molecule has 6 N–H and O–H groups in total. The Morgan fingerprint density at radius 3 is 2.83 bits per heavy atom. The van der Waals surface area contributed by atoms with Crippen LogP contribution in [0, 0.1) is 0 Å². The van der Waals surface area contributed by atoms with Gasteiger partial charge < -0.3 is 16.5 Å². The van der Waals surface area contributed by atoms with Crippen LogP contribution in [0.2, 0.25) is 0 Å². The highest BCUT2D eigenvalue weighted by molar-refractivity contribution is 7.09. The molecule has 0 saturated heterocycles. The summed E-state index contributed by atoms with van der Waals surface area (Å²) in [7, 11) is 0. The summed E-state index contributed by atoms with van der Waals surface area (Å²) in [6.45, 7) is 2.09. The van der Waals surface area contributed by atoms with Crippen LogP contribution < -0.4 is 22.3 Å². The maximum atomic E-state index is 5.59. The second-order valence-corrected chi connectivity index (χ2v) is 5.00. The van der Waals surface area contributed by atoms with Gasteiger partial charge in [-0.15, -0.1) is 11.3 Å². The lowest BCUT2D eigenvalue weighted by Gasteiger charge is -2.14.